The average molecular weight is 338 g/mol. The molecule has 0 unspecified atom stereocenters. The molecule has 0 aliphatic heterocycles. The van der Waals surface area contributed by atoms with Crippen molar-refractivity contribution in [2.75, 3.05) is 0 Å². The fraction of sp³-hybridized carbons (Fsp3) is 0.526. The SMILES string of the molecule is CC=COc1ccc(OC(=O)C2CCC(CCC)CC2)c(F)c1F. The lowest BCUT2D eigenvalue weighted by Crippen LogP contribution is -2.26. The van der Waals surface area contributed by atoms with Gasteiger partial charge in [-0.25, -0.2) is 0 Å². The molecule has 1 aliphatic rings. The van der Waals surface area contributed by atoms with Crippen LogP contribution in [0.25, 0.3) is 0 Å². The lowest BCUT2D eigenvalue weighted by atomic mass is 9.80. The largest absolute Gasteiger partial charge is 0.462 e. The summed E-state index contributed by atoms with van der Waals surface area (Å²) in [7, 11) is 0. The highest BCUT2D eigenvalue weighted by molar-refractivity contribution is 5.75. The van der Waals surface area contributed by atoms with E-state index >= 15 is 0 Å². The molecule has 0 amide bonds. The van der Waals surface area contributed by atoms with E-state index in [2.05, 4.69) is 6.92 Å². The Kier molecular flexibility index (Phi) is 6.76. The van der Waals surface area contributed by atoms with Gasteiger partial charge in [0.05, 0.1) is 12.2 Å². The van der Waals surface area contributed by atoms with Crippen LogP contribution in [0.2, 0.25) is 0 Å². The fourth-order valence-electron chi connectivity index (χ4n) is 3.11. The zero-order valence-electron chi connectivity index (χ0n) is 14.2. The summed E-state index contributed by atoms with van der Waals surface area (Å²) in [4.78, 5) is 12.2. The van der Waals surface area contributed by atoms with Crippen molar-refractivity contribution in [1.29, 1.82) is 0 Å². The van der Waals surface area contributed by atoms with Crippen LogP contribution in [0.5, 0.6) is 11.5 Å². The number of benzene rings is 1. The van der Waals surface area contributed by atoms with Crippen LogP contribution in [0.15, 0.2) is 24.5 Å². The summed E-state index contributed by atoms with van der Waals surface area (Å²) in [5.41, 5.74) is 0. The van der Waals surface area contributed by atoms with Gasteiger partial charge in [-0.1, -0.05) is 25.8 Å². The lowest BCUT2D eigenvalue weighted by Gasteiger charge is -2.26. The normalized spacial score (nSPS) is 21.0. The molecule has 0 spiro atoms. The Morgan fingerprint density at radius 2 is 1.79 bits per heavy atom. The maximum Gasteiger partial charge on any atom is 0.314 e. The van der Waals surface area contributed by atoms with Gasteiger partial charge in [0.25, 0.3) is 0 Å². The molecular formula is C19H24F2O3. The lowest BCUT2D eigenvalue weighted by molar-refractivity contribution is -0.140. The predicted molar refractivity (Wildman–Crippen MR) is 87.8 cm³/mol. The van der Waals surface area contributed by atoms with Crippen molar-refractivity contribution in [2.45, 2.75) is 52.4 Å². The van der Waals surface area contributed by atoms with Gasteiger partial charge in [-0.05, 0) is 50.7 Å². The van der Waals surface area contributed by atoms with Crippen molar-refractivity contribution in [1.82, 2.24) is 0 Å². The molecule has 5 heteroatoms. The highest BCUT2D eigenvalue weighted by Crippen LogP contribution is 2.33. The number of halogens is 2. The molecule has 132 valence electrons. The number of carbonyl (C=O) groups excluding carboxylic acids is 1. The summed E-state index contributed by atoms with van der Waals surface area (Å²) < 4.78 is 37.9. The zero-order chi connectivity index (χ0) is 17.5. The average Bonchev–Trinajstić information content (AvgIpc) is 2.59. The second-order valence-corrected chi connectivity index (χ2v) is 6.20. The third kappa shape index (κ3) is 4.56. The first-order valence-electron chi connectivity index (χ1n) is 8.54. The quantitative estimate of drug-likeness (QED) is 0.396. The van der Waals surface area contributed by atoms with Crippen LogP contribution in [-0.2, 0) is 4.79 Å². The number of hydrogen-bond donors (Lipinski definition) is 0. The zero-order valence-corrected chi connectivity index (χ0v) is 14.2. The Labute approximate surface area is 141 Å². The smallest absolute Gasteiger partial charge is 0.314 e. The van der Waals surface area contributed by atoms with Crippen LogP contribution >= 0.6 is 0 Å². The molecule has 1 saturated carbocycles. The molecule has 1 aliphatic carbocycles. The molecule has 0 aromatic heterocycles. The van der Waals surface area contributed by atoms with Crippen molar-refractivity contribution in [3.8, 4) is 11.5 Å². The van der Waals surface area contributed by atoms with Gasteiger partial charge in [-0.3, -0.25) is 4.79 Å². The van der Waals surface area contributed by atoms with Crippen molar-refractivity contribution < 1.29 is 23.0 Å². The van der Waals surface area contributed by atoms with E-state index in [0.29, 0.717) is 5.92 Å². The summed E-state index contributed by atoms with van der Waals surface area (Å²) in [6.45, 7) is 3.85. The van der Waals surface area contributed by atoms with Crippen LogP contribution in [0, 0.1) is 23.5 Å². The summed E-state index contributed by atoms with van der Waals surface area (Å²) in [6.07, 6.45) is 8.59. The fourth-order valence-corrected chi connectivity index (χ4v) is 3.11. The molecule has 24 heavy (non-hydrogen) atoms. The molecule has 0 radical (unpaired) electrons. The maximum absolute atomic E-state index is 14.0. The van der Waals surface area contributed by atoms with E-state index in [1.54, 1.807) is 13.0 Å². The van der Waals surface area contributed by atoms with E-state index in [-0.39, 0.29) is 17.4 Å². The molecule has 1 fully saturated rings. The van der Waals surface area contributed by atoms with Crippen molar-refractivity contribution in [3.05, 3.63) is 36.1 Å². The van der Waals surface area contributed by atoms with Crippen LogP contribution in [0.3, 0.4) is 0 Å². The second-order valence-electron chi connectivity index (χ2n) is 6.20. The van der Waals surface area contributed by atoms with E-state index in [9.17, 15) is 13.6 Å². The molecule has 1 aromatic rings. The first-order valence-corrected chi connectivity index (χ1v) is 8.54. The molecular weight excluding hydrogens is 314 g/mol. The van der Waals surface area contributed by atoms with Crippen LogP contribution in [0.4, 0.5) is 8.78 Å². The Hall–Kier alpha value is -1.91. The number of hydrogen-bond acceptors (Lipinski definition) is 3. The summed E-state index contributed by atoms with van der Waals surface area (Å²) >= 11 is 0. The van der Waals surface area contributed by atoms with Gasteiger partial charge in [0.2, 0.25) is 11.6 Å². The highest BCUT2D eigenvalue weighted by Gasteiger charge is 2.28. The molecule has 0 heterocycles. The molecule has 3 nitrogen and oxygen atoms in total. The highest BCUT2D eigenvalue weighted by atomic mass is 19.2. The van der Waals surface area contributed by atoms with Crippen LogP contribution < -0.4 is 9.47 Å². The molecule has 1 aromatic carbocycles. The van der Waals surface area contributed by atoms with E-state index < -0.39 is 17.6 Å². The minimum atomic E-state index is -1.20. The minimum Gasteiger partial charge on any atom is -0.462 e. The van der Waals surface area contributed by atoms with Gasteiger partial charge in [0.15, 0.2) is 11.5 Å². The summed E-state index contributed by atoms with van der Waals surface area (Å²) in [6, 6.07) is 2.47. The second kappa shape index (κ2) is 8.81. The van der Waals surface area contributed by atoms with E-state index in [1.807, 2.05) is 0 Å². The molecule has 0 bridgehead atoms. The van der Waals surface area contributed by atoms with Gasteiger partial charge < -0.3 is 9.47 Å². The number of allylic oxidation sites excluding steroid dienone is 1. The Balaban J connectivity index is 1.98. The first kappa shape index (κ1) is 18.4. The molecule has 0 N–H and O–H groups in total. The molecule has 0 saturated heterocycles. The molecule has 2 rings (SSSR count). The maximum atomic E-state index is 14.0. The number of esters is 1. The van der Waals surface area contributed by atoms with Crippen LogP contribution in [-0.4, -0.2) is 5.97 Å². The third-order valence-corrected chi connectivity index (χ3v) is 4.43. The summed E-state index contributed by atoms with van der Waals surface area (Å²) in [5.74, 6) is -3.05. The first-order chi connectivity index (χ1) is 11.6. The van der Waals surface area contributed by atoms with Crippen molar-refractivity contribution in [2.24, 2.45) is 11.8 Å². The van der Waals surface area contributed by atoms with Gasteiger partial charge in [-0.15, -0.1) is 0 Å². The topological polar surface area (TPSA) is 35.5 Å². The van der Waals surface area contributed by atoms with Crippen molar-refractivity contribution in [3.63, 3.8) is 0 Å². The summed E-state index contributed by atoms with van der Waals surface area (Å²) in [5, 5.41) is 0. The Morgan fingerprint density at radius 3 is 2.42 bits per heavy atom. The van der Waals surface area contributed by atoms with Gasteiger partial charge >= 0.3 is 5.97 Å². The van der Waals surface area contributed by atoms with Gasteiger partial charge in [0, 0.05) is 0 Å². The van der Waals surface area contributed by atoms with E-state index in [0.717, 1.165) is 32.1 Å². The number of ether oxygens (including phenoxy) is 2. The van der Waals surface area contributed by atoms with E-state index in [1.165, 1.54) is 24.8 Å². The monoisotopic (exact) mass is 338 g/mol. The predicted octanol–water partition coefficient (Wildman–Crippen LogP) is 5.39. The van der Waals surface area contributed by atoms with Gasteiger partial charge in [-0.2, -0.15) is 8.78 Å². The number of carbonyl (C=O) groups is 1. The van der Waals surface area contributed by atoms with E-state index in [4.69, 9.17) is 9.47 Å². The Morgan fingerprint density at radius 1 is 1.17 bits per heavy atom. The minimum absolute atomic E-state index is 0.237. The van der Waals surface area contributed by atoms with Gasteiger partial charge in [0.1, 0.15) is 0 Å². The van der Waals surface area contributed by atoms with Crippen LogP contribution in [0.1, 0.15) is 52.4 Å². The Bertz CT molecular complexity index is 591. The number of rotatable bonds is 6. The third-order valence-electron chi connectivity index (χ3n) is 4.43. The molecule has 0 atom stereocenters. The van der Waals surface area contributed by atoms with Crippen molar-refractivity contribution >= 4 is 5.97 Å². The standard InChI is InChI=1S/C19H24F2O3/c1-3-5-13-6-8-14(9-7-13)19(22)24-16-11-10-15(23-12-4-2)17(20)18(16)21/h4,10-14H,3,5-9H2,1-2H3.